The van der Waals surface area contributed by atoms with E-state index in [1.807, 2.05) is 13.8 Å². The molecule has 1 atom stereocenters. The number of rotatable bonds is 6. The molecule has 0 radical (unpaired) electrons. The van der Waals surface area contributed by atoms with Gasteiger partial charge in [-0.15, -0.1) is 0 Å². The van der Waals surface area contributed by atoms with Crippen molar-refractivity contribution in [1.82, 2.24) is 14.8 Å². The van der Waals surface area contributed by atoms with Crippen molar-refractivity contribution in [2.24, 2.45) is 0 Å². The second-order valence-corrected chi connectivity index (χ2v) is 9.29. The van der Waals surface area contributed by atoms with Gasteiger partial charge < -0.3 is 19.9 Å². The monoisotopic (exact) mass is 431 g/mol. The molecule has 3 rings (SSSR count). The van der Waals surface area contributed by atoms with Crippen LogP contribution >= 0.6 is 0 Å². The maximum atomic E-state index is 13.2. The van der Waals surface area contributed by atoms with E-state index in [0.717, 1.165) is 51.4 Å². The Bertz CT molecular complexity index is 834. The highest BCUT2D eigenvalue weighted by Gasteiger charge is 2.30. The Hall–Kier alpha value is -2.15. The molecule has 172 valence electrons. The zero-order chi connectivity index (χ0) is 22.4. The fraction of sp³-hybridized carbons (Fsp3) is 0.708. The second-order valence-electron chi connectivity index (χ2n) is 9.29. The Morgan fingerprint density at radius 3 is 2.23 bits per heavy atom. The van der Waals surface area contributed by atoms with Crippen LogP contribution < -0.4 is 10.7 Å². The molecule has 7 heteroatoms. The lowest BCUT2D eigenvalue weighted by Crippen LogP contribution is -2.45. The summed E-state index contributed by atoms with van der Waals surface area (Å²) in [4.78, 5) is 41.1. The Morgan fingerprint density at radius 2 is 1.61 bits per heavy atom. The zero-order valence-corrected chi connectivity index (χ0v) is 19.0. The molecule has 1 aliphatic carbocycles. The summed E-state index contributed by atoms with van der Waals surface area (Å²) in [6.45, 7) is 5.43. The lowest BCUT2D eigenvalue weighted by molar-refractivity contribution is 0.00523. The van der Waals surface area contributed by atoms with Gasteiger partial charge >= 0.3 is 0 Å². The van der Waals surface area contributed by atoms with Gasteiger partial charge in [-0.25, -0.2) is 0 Å². The smallest absolute Gasteiger partial charge is 0.259 e. The van der Waals surface area contributed by atoms with Gasteiger partial charge in [0.05, 0.1) is 5.60 Å². The SMILES string of the molecule is CC[C@@H](C)n1cc(C(=O)NCC2(O)CCCCC2)c(=O)c(C(=O)N2CCCCCC2)c1. The molecule has 2 amide bonds. The van der Waals surface area contributed by atoms with Crippen molar-refractivity contribution in [2.45, 2.75) is 89.7 Å². The predicted molar refractivity (Wildman–Crippen MR) is 120 cm³/mol. The number of aromatic nitrogens is 1. The molecule has 2 aliphatic rings. The molecule has 0 spiro atoms. The number of nitrogens with one attached hydrogen (secondary N) is 1. The third-order valence-corrected chi connectivity index (χ3v) is 6.88. The minimum absolute atomic E-state index is 0.0274. The Balaban J connectivity index is 1.87. The van der Waals surface area contributed by atoms with Crippen LogP contribution in [0, 0.1) is 0 Å². The van der Waals surface area contributed by atoms with Crippen LogP contribution in [0.25, 0.3) is 0 Å². The lowest BCUT2D eigenvalue weighted by Gasteiger charge is -2.32. The van der Waals surface area contributed by atoms with E-state index < -0.39 is 16.9 Å². The summed E-state index contributed by atoms with van der Waals surface area (Å²) in [6, 6.07) is 0.0466. The van der Waals surface area contributed by atoms with Gasteiger partial charge in [0.25, 0.3) is 11.8 Å². The van der Waals surface area contributed by atoms with Crippen molar-refractivity contribution in [3.8, 4) is 0 Å². The van der Waals surface area contributed by atoms with Crippen LogP contribution in [0.15, 0.2) is 17.2 Å². The number of hydrogen-bond acceptors (Lipinski definition) is 4. The number of likely N-dealkylation sites (tertiary alicyclic amines) is 1. The molecule has 1 saturated carbocycles. The molecule has 7 nitrogen and oxygen atoms in total. The van der Waals surface area contributed by atoms with Crippen LogP contribution in [0.1, 0.15) is 105 Å². The minimum atomic E-state index is -0.914. The Kier molecular flexibility index (Phi) is 7.92. The van der Waals surface area contributed by atoms with E-state index in [2.05, 4.69) is 5.32 Å². The van der Waals surface area contributed by atoms with E-state index in [1.165, 1.54) is 0 Å². The van der Waals surface area contributed by atoms with Crippen molar-refractivity contribution in [3.05, 3.63) is 33.7 Å². The van der Waals surface area contributed by atoms with Crippen LogP contribution in [0.4, 0.5) is 0 Å². The highest BCUT2D eigenvalue weighted by Crippen LogP contribution is 2.27. The average Bonchev–Trinajstić information content (AvgIpc) is 3.07. The summed E-state index contributed by atoms with van der Waals surface area (Å²) < 4.78 is 1.80. The molecular formula is C24H37N3O4. The highest BCUT2D eigenvalue weighted by atomic mass is 16.3. The maximum absolute atomic E-state index is 13.2. The summed E-state index contributed by atoms with van der Waals surface area (Å²) in [5.74, 6) is -0.809. The van der Waals surface area contributed by atoms with Crippen LogP contribution in [-0.2, 0) is 0 Å². The van der Waals surface area contributed by atoms with E-state index in [0.29, 0.717) is 25.9 Å². The van der Waals surface area contributed by atoms with E-state index in [-0.39, 0.29) is 29.6 Å². The summed E-state index contributed by atoms with van der Waals surface area (Å²) in [7, 11) is 0. The number of aliphatic hydroxyl groups is 1. The molecule has 0 aromatic carbocycles. The second kappa shape index (κ2) is 10.4. The fourth-order valence-corrected chi connectivity index (χ4v) is 4.55. The first-order chi connectivity index (χ1) is 14.8. The molecule has 31 heavy (non-hydrogen) atoms. The largest absolute Gasteiger partial charge is 0.388 e. The molecule has 1 aromatic rings. The molecule has 1 saturated heterocycles. The first kappa shape index (κ1) is 23.5. The van der Waals surface area contributed by atoms with Gasteiger partial charge in [-0.2, -0.15) is 0 Å². The topological polar surface area (TPSA) is 91.6 Å². The van der Waals surface area contributed by atoms with Crippen molar-refractivity contribution < 1.29 is 14.7 Å². The number of carbonyl (C=O) groups is 2. The summed E-state index contributed by atoms with van der Waals surface area (Å²) in [5.41, 5.74) is -1.41. The summed E-state index contributed by atoms with van der Waals surface area (Å²) >= 11 is 0. The van der Waals surface area contributed by atoms with Crippen molar-refractivity contribution in [3.63, 3.8) is 0 Å². The number of nitrogens with zero attached hydrogens (tertiary/aromatic N) is 2. The van der Waals surface area contributed by atoms with E-state index >= 15 is 0 Å². The summed E-state index contributed by atoms with van der Waals surface area (Å²) in [6.07, 6.45) is 12.3. The summed E-state index contributed by atoms with van der Waals surface area (Å²) in [5, 5.41) is 13.5. The van der Waals surface area contributed by atoms with Gasteiger partial charge in [0.2, 0.25) is 5.43 Å². The van der Waals surface area contributed by atoms with E-state index in [9.17, 15) is 19.5 Å². The normalized spacial score (nSPS) is 20.0. The fourth-order valence-electron chi connectivity index (χ4n) is 4.55. The quantitative estimate of drug-likeness (QED) is 0.723. The van der Waals surface area contributed by atoms with Crippen LogP contribution in [0.5, 0.6) is 0 Å². The minimum Gasteiger partial charge on any atom is -0.388 e. The Labute approximate surface area is 184 Å². The van der Waals surface area contributed by atoms with Crippen molar-refractivity contribution >= 4 is 11.8 Å². The van der Waals surface area contributed by atoms with Crippen LogP contribution in [0.2, 0.25) is 0 Å². The van der Waals surface area contributed by atoms with Gasteiger partial charge in [0.15, 0.2) is 0 Å². The average molecular weight is 432 g/mol. The standard InChI is InChI=1S/C24H37N3O4/c1-3-18(2)27-15-19(22(29)25-17-24(31)11-7-6-8-12-24)21(28)20(16-27)23(30)26-13-9-4-5-10-14-26/h15-16,18,31H,3-14,17H2,1-2H3,(H,25,29)/t18-/m1/s1. The molecule has 2 fully saturated rings. The highest BCUT2D eigenvalue weighted by molar-refractivity contribution is 5.99. The van der Waals surface area contributed by atoms with Crippen molar-refractivity contribution in [2.75, 3.05) is 19.6 Å². The number of amides is 2. The van der Waals surface area contributed by atoms with Crippen LogP contribution in [0.3, 0.4) is 0 Å². The van der Waals surface area contributed by atoms with Gasteiger partial charge in [0, 0.05) is 38.1 Å². The van der Waals surface area contributed by atoms with Gasteiger partial charge in [-0.3, -0.25) is 14.4 Å². The molecule has 0 bridgehead atoms. The predicted octanol–water partition coefficient (Wildman–Crippen LogP) is 3.26. The Morgan fingerprint density at radius 1 is 1.03 bits per heavy atom. The van der Waals surface area contributed by atoms with Gasteiger partial charge in [-0.05, 0) is 39.0 Å². The molecule has 1 aromatic heterocycles. The third kappa shape index (κ3) is 5.76. The maximum Gasteiger partial charge on any atom is 0.259 e. The number of pyridine rings is 1. The molecule has 0 unspecified atom stereocenters. The first-order valence-electron chi connectivity index (χ1n) is 11.9. The van der Waals surface area contributed by atoms with Gasteiger partial charge in [-0.1, -0.05) is 39.0 Å². The van der Waals surface area contributed by atoms with Gasteiger partial charge in [0.1, 0.15) is 11.1 Å². The van der Waals surface area contributed by atoms with Crippen LogP contribution in [-0.4, -0.2) is 51.6 Å². The zero-order valence-electron chi connectivity index (χ0n) is 19.0. The molecule has 2 N–H and O–H groups in total. The lowest BCUT2D eigenvalue weighted by atomic mass is 9.85. The molecular weight excluding hydrogens is 394 g/mol. The molecule has 2 heterocycles. The number of hydrogen-bond donors (Lipinski definition) is 2. The molecule has 1 aliphatic heterocycles. The van der Waals surface area contributed by atoms with E-state index in [1.54, 1.807) is 21.9 Å². The number of carbonyl (C=O) groups excluding carboxylic acids is 2. The first-order valence-corrected chi connectivity index (χ1v) is 11.9. The van der Waals surface area contributed by atoms with E-state index in [4.69, 9.17) is 0 Å². The van der Waals surface area contributed by atoms with Crippen molar-refractivity contribution in [1.29, 1.82) is 0 Å². The third-order valence-electron chi connectivity index (χ3n) is 6.88.